The molecule has 2 amide bonds. The van der Waals surface area contributed by atoms with Crippen LogP contribution in [0.5, 0.6) is 5.75 Å². The van der Waals surface area contributed by atoms with Gasteiger partial charge in [0.1, 0.15) is 5.75 Å². The molecule has 3 rings (SSSR count). The molecule has 0 radical (unpaired) electrons. The van der Waals surface area contributed by atoms with Crippen molar-refractivity contribution in [2.75, 3.05) is 18.0 Å². The van der Waals surface area contributed by atoms with Crippen molar-refractivity contribution in [1.29, 1.82) is 0 Å². The monoisotopic (exact) mass is 358 g/mol. The van der Waals surface area contributed by atoms with Crippen LogP contribution in [0.2, 0.25) is 0 Å². The number of benzene rings is 1. The first-order chi connectivity index (χ1) is 12.1. The number of carbonyl (C=O) groups is 3. The lowest BCUT2D eigenvalue weighted by Crippen LogP contribution is -2.26. The molecule has 6 nitrogen and oxygen atoms in total. The Hall–Kier alpha value is -2.67. The maximum Gasteiger partial charge on any atom is 0.312 e. The molecule has 0 atom stereocenters. The number of hydrogen-bond donors (Lipinski definition) is 1. The highest BCUT2D eigenvalue weighted by atomic mass is 32.1. The molecule has 2 heterocycles. The Morgan fingerprint density at radius 2 is 2.00 bits per heavy atom. The summed E-state index contributed by atoms with van der Waals surface area (Å²) in [5.74, 6) is -0.0740. The number of rotatable bonds is 6. The standard InChI is InChI=1S/C18H18N2O4S/c21-16-4-1-11-20(16)13-5-7-14(8-6-13)24-17(22)9-10-19-18(23)15-3-2-12-25-15/h2-3,5-8,12H,1,4,9-11H2,(H,19,23). The van der Waals surface area contributed by atoms with Gasteiger partial charge in [-0.2, -0.15) is 0 Å². The highest BCUT2D eigenvalue weighted by Gasteiger charge is 2.21. The Morgan fingerprint density at radius 1 is 1.20 bits per heavy atom. The Morgan fingerprint density at radius 3 is 2.64 bits per heavy atom. The number of hydrogen-bond acceptors (Lipinski definition) is 5. The molecule has 1 aliphatic heterocycles. The summed E-state index contributed by atoms with van der Waals surface area (Å²) in [4.78, 5) is 37.6. The summed E-state index contributed by atoms with van der Waals surface area (Å²) in [5, 5.41) is 4.50. The van der Waals surface area contributed by atoms with Gasteiger partial charge in [-0.05, 0) is 42.1 Å². The number of carbonyl (C=O) groups excluding carboxylic acids is 3. The van der Waals surface area contributed by atoms with E-state index in [1.165, 1.54) is 11.3 Å². The average Bonchev–Trinajstić information content (AvgIpc) is 3.27. The number of ether oxygens (including phenoxy) is 1. The van der Waals surface area contributed by atoms with Gasteiger partial charge in [-0.3, -0.25) is 14.4 Å². The third-order valence-electron chi connectivity index (χ3n) is 3.81. The van der Waals surface area contributed by atoms with Crippen LogP contribution < -0.4 is 15.0 Å². The number of thiophene rings is 1. The number of amides is 2. The van der Waals surface area contributed by atoms with Crippen molar-refractivity contribution < 1.29 is 19.1 Å². The lowest BCUT2D eigenvalue weighted by Gasteiger charge is -2.15. The highest BCUT2D eigenvalue weighted by molar-refractivity contribution is 7.12. The topological polar surface area (TPSA) is 75.7 Å². The van der Waals surface area contributed by atoms with Gasteiger partial charge in [0.2, 0.25) is 5.91 Å². The van der Waals surface area contributed by atoms with E-state index in [0.717, 1.165) is 18.7 Å². The second-order valence-electron chi connectivity index (χ2n) is 5.60. The zero-order valence-electron chi connectivity index (χ0n) is 13.6. The smallest absolute Gasteiger partial charge is 0.312 e. The maximum atomic E-state index is 11.8. The molecule has 0 unspecified atom stereocenters. The molecule has 1 aromatic heterocycles. The lowest BCUT2D eigenvalue weighted by molar-refractivity contribution is -0.134. The van der Waals surface area contributed by atoms with Crippen molar-refractivity contribution in [3.05, 3.63) is 46.7 Å². The zero-order valence-corrected chi connectivity index (χ0v) is 14.4. The van der Waals surface area contributed by atoms with Gasteiger partial charge in [-0.1, -0.05) is 6.07 Å². The predicted molar refractivity (Wildman–Crippen MR) is 94.9 cm³/mol. The van der Waals surface area contributed by atoms with Crippen LogP contribution in [0.25, 0.3) is 0 Å². The molecule has 130 valence electrons. The molecule has 0 aliphatic carbocycles. The van der Waals surface area contributed by atoms with Crippen molar-refractivity contribution in [3.8, 4) is 5.75 Å². The van der Waals surface area contributed by atoms with Crippen molar-refractivity contribution in [3.63, 3.8) is 0 Å². The molecule has 1 saturated heterocycles. The maximum absolute atomic E-state index is 11.8. The second-order valence-corrected chi connectivity index (χ2v) is 6.55. The molecule has 25 heavy (non-hydrogen) atoms. The van der Waals surface area contributed by atoms with E-state index in [9.17, 15) is 14.4 Å². The highest BCUT2D eigenvalue weighted by Crippen LogP contribution is 2.24. The zero-order chi connectivity index (χ0) is 17.6. The van der Waals surface area contributed by atoms with Crippen molar-refractivity contribution >= 4 is 34.8 Å². The van der Waals surface area contributed by atoms with Gasteiger partial charge in [0.15, 0.2) is 0 Å². The van der Waals surface area contributed by atoms with Gasteiger partial charge in [-0.15, -0.1) is 11.3 Å². The van der Waals surface area contributed by atoms with Gasteiger partial charge in [-0.25, -0.2) is 0 Å². The van der Waals surface area contributed by atoms with Crippen molar-refractivity contribution in [2.24, 2.45) is 0 Å². The molecular formula is C18H18N2O4S. The van der Waals surface area contributed by atoms with E-state index in [1.54, 1.807) is 41.3 Å². The molecule has 2 aromatic rings. The largest absolute Gasteiger partial charge is 0.426 e. The van der Waals surface area contributed by atoms with Crippen LogP contribution >= 0.6 is 11.3 Å². The summed E-state index contributed by atoms with van der Waals surface area (Å²) in [5.41, 5.74) is 0.811. The van der Waals surface area contributed by atoms with E-state index in [4.69, 9.17) is 4.74 Å². The van der Waals surface area contributed by atoms with E-state index >= 15 is 0 Å². The fourth-order valence-electron chi connectivity index (χ4n) is 2.57. The second kappa shape index (κ2) is 7.94. The van der Waals surface area contributed by atoms with Crippen LogP contribution in [0.1, 0.15) is 28.9 Å². The quantitative estimate of drug-likeness (QED) is 0.636. The summed E-state index contributed by atoms with van der Waals surface area (Å²) >= 11 is 1.35. The average molecular weight is 358 g/mol. The van der Waals surface area contributed by atoms with E-state index in [1.807, 2.05) is 5.38 Å². The fraction of sp³-hybridized carbons (Fsp3) is 0.278. The number of anilines is 1. The third kappa shape index (κ3) is 4.45. The Labute approximate surface area is 149 Å². The Bertz CT molecular complexity index is 756. The van der Waals surface area contributed by atoms with Gasteiger partial charge in [0.25, 0.3) is 5.91 Å². The van der Waals surface area contributed by atoms with Gasteiger partial charge < -0.3 is 15.0 Å². The number of esters is 1. The van der Waals surface area contributed by atoms with Crippen molar-refractivity contribution in [2.45, 2.75) is 19.3 Å². The Balaban J connectivity index is 1.45. The molecule has 0 saturated carbocycles. The molecule has 1 fully saturated rings. The fourth-order valence-corrected chi connectivity index (χ4v) is 3.21. The molecule has 1 aromatic carbocycles. The molecular weight excluding hydrogens is 340 g/mol. The van der Waals surface area contributed by atoms with Crippen LogP contribution in [-0.4, -0.2) is 30.9 Å². The summed E-state index contributed by atoms with van der Waals surface area (Å²) in [6.07, 6.45) is 1.53. The minimum atomic E-state index is -0.420. The molecule has 0 spiro atoms. The number of nitrogens with one attached hydrogen (secondary N) is 1. The van der Waals surface area contributed by atoms with E-state index < -0.39 is 5.97 Å². The van der Waals surface area contributed by atoms with Gasteiger partial charge in [0, 0.05) is 25.2 Å². The lowest BCUT2D eigenvalue weighted by atomic mass is 10.3. The number of nitrogens with zero attached hydrogens (tertiary/aromatic N) is 1. The molecule has 7 heteroatoms. The third-order valence-corrected chi connectivity index (χ3v) is 4.68. The molecule has 0 bridgehead atoms. The van der Waals surface area contributed by atoms with Gasteiger partial charge >= 0.3 is 5.97 Å². The van der Waals surface area contributed by atoms with Crippen LogP contribution in [0.3, 0.4) is 0 Å². The summed E-state index contributed by atoms with van der Waals surface area (Å²) in [6.45, 7) is 0.942. The van der Waals surface area contributed by atoms with Crippen molar-refractivity contribution in [1.82, 2.24) is 5.32 Å². The van der Waals surface area contributed by atoms with Crippen LogP contribution in [0.4, 0.5) is 5.69 Å². The normalized spacial score (nSPS) is 13.8. The first-order valence-electron chi connectivity index (χ1n) is 8.06. The van der Waals surface area contributed by atoms with Gasteiger partial charge in [0.05, 0.1) is 11.3 Å². The minimum absolute atomic E-state index is 0.0868. The van der Waals surface area contributed by atoms with E-state index in [-0.39, 0.29) is 24.8 Å². The first kappa shape index (κ1) is 17.2. The Kier molecular flexibility index (Phi) is 5.45. The van der Waals surface area contributed by atoms with Crippen LogP contribution in [0, 0.1) is 0 Å². The molecule has 1 aliphatic rings. The van der Waals surface area contributed by atoms with E-state index in [0.29, 0.717) is 17.0 Å². The van der Waals surface area contributed by atoms with Crippen LogP contribution in [-0.2, 0) is 9.59 Å². The molecule has 1 N–H and O–H groups in total. The minimum Gasteiger partial charge on any atom is -0.426 e. The summed E-state index contributed by atoms with van der Waals surface area (Å²) < 4.78 is 5.24. The SMILES string of the molecule is O=C(CCNC(=O)c1cccs1)Oc1ccc(N2CCCC2=O)cc1. The van der Waals surface area contributed by atoms with Crippen LogP contribution in [0.15, 0.2) is 41.8 Å². The van der Waals surface area contributed by atoms with E-state index in [2.05, 4.69) is 5.32 Å². The summed E-state index contributed by atoms with van der Waals surface area (Å²) in [7, 11) is 0. The first-order valence-corrected chi connectivity index (χ1v) is 8.94. The predicted octanol–water partition coefficient (Wildman–Crippen LogP) is 2.60. The summed E-state index contributed by atoms with van der Waals surface area (Å²) in [6, 6.07) is 10.4.